The SMILES string of the molecule is CC(O)C(NC(C)(C)C)Oc1cc(Cl)c(-c2ncc(C(F)(F)F)[nH]2)c(Cl)c1. The number of aromatic amines is 1. The Morgan fingerprint density at radius 3 is 2.15 bits per heavy atom. The molecule has 0 aliphatic carbocycles. The third-order valence-corrected chi connectivity index (χ3v) is 4.01. The predicted molar refractivity (Wildman–Crippen MR) is 98.0 cm³/mol. The van der Waals surface area contributed by atoms with Crippen LogP contribution < -0.4 is 10.1 Å². The molecule has 2 rings (SSSR count). The van der Waals surface area contributed by atoms with Gasteiger partial charge in [-0.2, -0.15) is 13.2 Å². The molecule has 10 heteroatoms. The van der Waals surface area contributed by atoms with Crippen molar-refractivity contribution in [2.24, 2.45) is 0 Å². The molecule has 3 N–H and O–H groups in total. The largest absolute Gasteiger partial charge is 0.472 e. The molecule has 1 heterocycles. The summed E-state index contributed by atoms with van der Waals surface area (Å²) in [5, 5.41) is 13.1. The Bertz CT molecular complexity index is 778. The second-order valence-electron chi connectivity index (χ2n) is 7.08. The summed E-state index contributed by atoms with van der Waals surface area (Å²) in [4.78, 5) is 5.87. The number of benzene rings is 1. The van der Waals surface area contributed by atoms with Crippen LogP contribution in [0.5, 0.6) is 5.75 Å². The minimum atomic E-state index is -4.56. The number of ether oxygens (including phenoxy) is 1. The van der Waals surface area contributed by atoms with E-state index in [-0.39, 0.29) is 32.7 Å². The molecule has 2 unspecified atom stereocenters. The number of alkyl halides is 3. The van der Waals surface area contributed by atoms with Crippen LogP contribution >= 0.6 is 23.2 Å². The van der Waals surface area contributed by atoms with Gasteiger partial charge in [0.15, 0.2) is 6.23 Å². The maximum Gasteiger partial charge on any atom is 0.432 e. The standard InChI is InChI=1S/C17H20Cl2F3N3O2/c1-8(26)15(25-16(2,3)4)27-9-5-10(18)13(11(19)6-9)14-23-7-12(24-14)17(20,21)22/h5-8,15,25-26H,1-4H3,(H,23,24). The molecule has 0 fully saturated rings. The number of hydrogen-bond donors (Lipinski definition) is 3. The van der Waals surface area contributed by atoms with Gasteiger partial charge in [-0.15, -0.1) is 0 Å². The number of halogens is 5. The first-order valence-electron chi connectivity index (χ1n) is 8.02. The van der Waals surface area contributed by atoms with Crippen LogP contribution in [0.3, 0.4) is 0 Å². The maximum atomic E-state index is 12.7. The summed E-state index contributed by atoms with van der Waals surface area (Å²) in [6.45, 7) is 7.28. The van der Waals surface area contributed by atoms with Crippen LogP contribution in [0.15, 0.2) is 18.3 Å². The number of aromatic nitrogens is 2. The summed E-state index contributed by atoms with van der Waals surface area (Å²) in [6, 6.07) is 2.80. The van der Waals surface area contributed by atoms with Crippen LogP contribution in [0, 0.1) is 0 Å². The molecule has 0 radical (unpaired) electrons. The molecule has 150 valence electrons. The topological polar surface area (TPSA) is 70.2 Å². The van der Waals surface area contributed by atoms with Gasteiger partial charge in [0.05, 0.1) is 21.8 Å². The van der Waals surface area contributed by atoms with Crippen molar-refractivity contribution in [2.75, 3.05) is 0 Å². The van der Waals surface area contributed by atoms with Gasteiger partial charge < -0.3 is 14.8 Å². The number of aliphatic hydroxyl groups excluding tert-OH is 1. The van der Waals surface area contributed by atoms with Crippen molar-refractivity contribution in [1.29, 1.82) is 0 Å². The molecule has 5 nitrogen and oxygen atoms in total. The van der Waals surface area contributed by atoms with Gasteiger partial charge >= 0.3 is 6.18 Å². The lowest BCUT2D eigenvalue weighted by Crippen LogP contribution is -2.51. The second kappa shape index (κ2) is 7.87. The van der Waals surface area contributed by atoms with Crippen molar-refractivity contribution < 1.29 is 23.0 Å². The first-order chi connectivity index (χ1) is 12.3. The van der Waals surface area contributed by atoms with Gasteiger partial charge in [0.2, 0.25) is 0 Å². The van der Waals surface area contributed by atoms with Crippen molar-refractivity contribution >= 4 is 23.2 Å². The van der Waals surface area contributed by atoms with Crippen LogP contribution in [-0.2, 0) is 6.18 Å². The summed E-state index contributed by atoms with van der Waals surface area (Å²) >= 11 is 12.4. The van der Waals surface area contributed by atoms with E-state index in [1.165, 1.54) is 12.1 Å². The lowest BCUT2D eigenvalue weighted by atomic mass is 10.1. The molecule has 2 atom stereocenters. The first-order valence-corrected chi connectivity index (χ1v) is 8.77. The summed E-state index contributed by atoms with van der Waals surface area (Å²) in [5.74, 6) is 0.141. The van der Waals surface area contributed by atoms with E-state index in [1.54, 1.807) is 6.92 Å². The average Bonchev–Trinajstić information content (AvgIpc) is 2.93. The van der Waals surface area contributed by atoms with E-state index in [0.717, 1.165) is 0 Å². The van der Waals surface area contributed by atoms with Crippen molar-refractivity contribution in [3.63, 3.8) is 0 Å². The monoisotopic (exact) mass is 425 g/mol. The Morgan fingerprint density at radius 1 is 1.19 bits per heavy atom. The summed E-state index contributed by atoms with van der Waals surface area (Å²) in [5.41, 5.74) is -1.22. The molecular weight excluding hydrogens is 406 g/mol. The molecule has 0 amide bonds. The predicted octanol–water partition coefficient (Wildman–Crippen LogP) is 4.88. The number of H-pyrrole nitrogens is 1. The van der Waals surface area contributed by atoms with Crippen molar-refractivity contribution in [3.05, 3.63) is 34.1 Å². The van der Waals surface area contributed by atoms with Crippen molar-refractivity contribution in [3.8, 4) is 17.1 Å². The normalized spacial score (nSPS) is 14.9. The van der Waals surface area contributed by atoms with Gasteiger partial charge in [-0.3, -0.25) is 5.32 Å². The first kappa shape index (κ1) is 21.8. The van der Waals surface area contributed by atoms with Gasteiger partial charge in [-0.05, 0) is 39.8 Å². The van der Waals surface area contributed by atoms with E-state index in [1.807, 2.05) is 20.8 Å². The molecule has 27 heavy (non-hydrogen) atoms. The van der Waals surface area contributed by atoms with Crippen molar-refractivity contribution in [1.82, 2.24) is 15.3 Å². The van der Waals surface area contributed by atoms with E-state index >= 15 is 0 Å². The molecular formula is C17H20Cl2F3N3O2. The highest BCUT2D eigenvalue weighted by Crippen LogP contribution is 2.38. The molecule has 0 aliphatic heterocycles. The molecule has 0 bridgehead atoms. The Labute approximate surface area is 164 Å². The van der Waals surface area contributed by atoms with Gasteiger partial charge in [0.25, 0.3) is 0 Å². The van der Waals surface area contributed by atoms with E-state index < -0.39 is 24.2 Å². The zero-order chi connectivity index (χ0) is 20.6. The highest BCUT2D eigenvalue weighted by Gasteiger charge is 2.33. The van der Waals surface area contributed by atoms with Crippen LogP contribution in [-0.4, -0.2) is 32.9 Å². The third-order valence-electron chi connectivity index (χ3n) is 3.41. The summed E-state index contributed by atoms with van der Waals surface area (Å²) < 4.78 is 44.0. The Kier molecular flexibility index (Phi) is 6.36. The van der Waals surface area contributed by atoms with Crippen LogP contribution in [0.2, 0.25) is 10.0 Å². The number of hydrogen-bond acceptors (Lipinski definition) is 4. The minimum absolute atomic E-state index is 0.0562. The zero-order valence-corrected chi connectivity index (χ0v) is 16.6. The van der Waals surface area contributed by atoms with E-state index in [9.17, 15) is 18.3 Å². The number of nitrogens with zero attached hydrogens (tertiary/aromatic N) is 1. The fourth-order valence-electron chi connectivity index (χ4n) is 2.26. The van der Waals surface area contributed by atoms with Gasteiger partial charge in [0.1, 0.15) is 23.4 Å². The number of rotatable bonds is 5. The molecule has 1 aromatic carbocycles. The molecule has 0 spiro atoms. The third kappa shape index (κ3) is 5.75. The average molecular weight is 426 g/mol. The fraction of sp³-hybridized carbons (Fsp3) is 0.471. The summed E-state index contributed by atoms with van der Waals surface area (Å²) in [6.07, 6.45) is -5.48. The molecule has 0 saturated heterocycles. The molecule has 2 aromatic rings. The highest BCUT2D eigenvalue weighted by molar-refractivity contribution is 6.39. The van der Waals surface area contributed by atoms with Crippen LogP contribution in [0.1, 0.15) is 33.4 Å². The Balaban J connectivity index is 2.32. The number of aliphatic hydroxyl groups is 1. The van der Waals surface area contributed by atoms with Gasteiger partial charge in [-0.25, -0.2) is 4.98 Å². The molecule has 0 saturated carbocycles. The quantitative estimate of drug-likeness (QED) is 0.597. The smallest absolute Gasteiger partial charge is 0.432 e. The maximum absolute atomic E-state index is 12.7. The Hall–Kier alpha value is -1.48. The van der Waals surface area contributed by atoms with Crippen molar-refractivity contribution in [2.45, 2.75) is 51.7 Å². The highest BCUT2D eigenvalue weighted by atomic mass is 35.5. The van der Waals surface area contributed by atoms with Gasteiger partial charge in [-0.1, -0.05) is 23.2 Å². The fourth-order valence-corrected chi connectivity index (χ4v) is 2.90. The lowest BCUT2D eigenvalue weighted by molar-refractivity contribution is -0.140. The van der Waals surface area contributed by atoms with Crippen LogP contribution in [0.25, 0.3) is 11.4 Å². The Morgan fingerprint density at radius 2 is 1.74 bits per heavy atom. The van der Waals surface area contributed by atoms with Crippen LogP contribution in [0.4, 0.5) is 13.2 Å². The zero-order valence-electron chi connectivity index (χ0n) is 15.1. The van der Waals surface area contributed by atoms with Gasteiger partial charge in [0, 0.05) is 5.54 Å². The minimum Gasteiger partial charge on any atom is -0.472 e. The lowest BCUT2D eigenvalue weighted by Gasteiger charge is -2.30. The second-order valence-corrected chi connectivity index (χ2v) is 7.89. The summed E-state index contributed by atoms with van der Waals surface area (Å²) in [7, 11) is 0. The molecule has 1 aromatic heterocycles. The van der Waals surface area contributed by atoms with E-state index in [0.29, 0.717) is 6.20 Å². The van der Waals surface area contributed by atoms with E-state index in [4.69, 9.17) is 27.9 Å². The number of imidazole rings is 1. The molecule has 0 aliphatic rings. The van der Waals surface area contributed by atoms with E-state index in [2.05, 4.69) is 15.3 Å². The number of nitrogens with one attached hydrogen (secondary N) is 2.